The predicted molar refractivity (Wildman–Crippen MR) is 45.3 cm³/mol. The molecule has 0 aromatic carbocycles. The molecule has 0 aliphatic rings. The molecule has 1 N–H and O–H groups in total. The van der Waals surface area contributed by atoms with Gasteiger partial charge in [-0.1, -0.05) is 28.8 Å². The maximum Gasteiger partial charge on any atom is 0.143 e. The van der Waals surface area contributed by atoms with E-state index >= 15 is 0 Å². The van der Waals surface area contributed by atoms with Crippen molar-refractivity contribution < 1.29 is 9.84 Å². The second kappa shape index (κ2) is 9.40. The molecule has 0 aromatic rings. The number of rotatable bonds is 7. The first-order valence-corrected chi connectivity index (χ1v) is 4.78. The molecule has 0 spiro atoms. The molecule has 62 valence electrons. The molecule has 2 nitrogen and oxygen atoms in total. The first-order chi connectivity index (χ1) is 4.91. The van der Waals surface area contributed by atoms with Crippen LogP contribution in [0.2, 0.25) is 0 Å². The van der Waals surface area contributed by atoms with E-state index in [1.807, 2.05) is 0 Å². The summed E-state index contributed by atoms with van der Waals surface area (Å²) in [6.07, 6.45) is 4.75. The number of hydrogen-bond donors (Lipinski definition) is 1. The minimum absolute atomic E-state index is 0.140. The highest BCUT2D eigenvalue weighted by Crippen LogP contribution is 2.01. The molecule has 0 rings (SSSR count). The molecule has 0 aliphatic carbocycles. The molecule has 0 radical (unpaired) electrons. The molecule has 0 saturated heterocycles. The van der Waals surface area contributed by atoms with E-state index in [1.165, 1.54) is 19.3 Å². The fourth-order valence-electron chi connectivity index (χ4n) is 0.717. The van der Waals surface area contributed by atoms with Crippen molar-refractivity contribution in [2.75, 3.05) is 18.7 Å². The van der Waals surface area contributed by atoms with Crippen molar-refractivity contribution in [2.24, 2.45) is 0 Å². The maximum absolute atomic E-state index is 8.24. The third-order valence-electron chi connectivity index (χ3n) is 1.26. The van der Waals surface area contributed by atoms with E-state index in [0.29, 0.717) is 6.61 Å². The summed E-state index contributed by atoms with van der Waals surface area (Å²) >= 11 is 3.36. The summed E-state index contributed by atoms with van der Waals surface area (Å²) in [5.74, 6) is 0. The zero-order valence-electron chi connectivity index (χ0n) is 6.18. The highest BCUT2D eigenvalue weighted by Gasteiger charge is 1.88. The van der Waals surface area contributed by atoms with Crippen LogP contribution in [0.25, 0.3) is 0 Å². The van der Waals surface area contributed by atoms with Crippen LogP contribution in [0.5, 0.6) is 0 Å². The predicted octanol–water partition coefficient (Wildman–Crippen LogP) is 1.91. The largest absolute Gasteiger partial charge is 0.371 e. The lowest BCUT2D eigenvalue weighted by atomic mass is 10.2. The zero-order valence-corrected chi connectivity index (χ0v) is 7.77. The average molecular weight is 211 g/mol. The molecular formula is C7H15BrO2. The van der Waals surface area contributed by atoms with Crippen molar-refractivity contribution in [2.45, 2.75) is 25.7 Å². The zero-order chi connectivity index (χ0) is 7.66. The smallest absolute Gasteiger partial charge is 0.143 e. The molecule has 0 unspecified atom stereocenters. The highest BCUT2D eigenvalue weighted by atomic mass is 79.9. The Kier molecular flexibility index (Phi) is 9.78. The molecule has 0 fully saturated rings. The number of unbranched alkanes of at least 4 members (excludes halogenated alkanes) is 3. The lowest BCUT2D eigenvalue weighted by Crippen LogP contribution is -1.94. The van der Waals surface area contributed by atoms with Crippen molar-refractivity contribution in [3.05, 3.63) is 0 Å². The molecule has 0 aliphatic heterocycles. The minimum Gasteiger partial charge on any atom is -0.371 e. The van der Waals surface area contributed by atoms with E-state index in [1.54, 1.807) is 0 Å². The Labute approximate surface area is 70.7 Å². The molecule has 0 saturated carbocycles. The van der Waals surface area contributed by atoms with Crippen LogP contribution in [-0.2, 0) is 4.74 Å². The Hall–Kier alpha value is 0.400. The van der Waals surface area contributed by atoms with E-state index in [-0.39, 0.29) is 6.79 Å². The van der Waals surface area contributed by atoms with Gasteiger partial charge in [0.25, 0.3) is 0 Å². The summed E-state index contributed by atoms with van der Waals surface area (Å²) in [7, 11) is 0. The van der Waals surface area contributed by atoms with Gasteiger partial charge in [-0.3, -0.25) is 0 Å². The lowest BCUT2D eigenvalue weighted by molar-refractivity contribution is -0.00280. The van der Waals surface area contributed by atoms with Gasteiger partial charge in [0, 0.05) is 11.9 Å². The Morgan fingerprint density at radius 2 is 1.80 bits per heavy atom. The maximum atomic E-state index is 8.24. The SMILES string of the molecule is OCOCCCCCCBr. The number of hydrogen-bond acceptors (Lipinski definition) is 2. The van der Waals surface area contributed by atoms with Crippen molar-refractivity contribution in [3.8, 4) is 0 Å². The van der Waals surface area contributed by atoms with Gasteiger partial charge >= 0.3 is 0 Å². The van der Waals surface area contributed by atoms with Crippen LogP contribution in [-0.4, -0.2) is 23.8 Å². The Morgan fingerprint density at radius 3 is 2.40 bits per heavy atom. The van der Waals surface area contributed by atoms with E-state index in [0.717, 1.165) is 11.8 Å². The van der Waals surface area contributed by atoms with E-state index in [2.05, 4.69) is 15.9 Å². The van der Waals surface area contributed by atoms with Gasteiger partial charge in [-0.25, -0.2) is 0 Å². The second-order valence-corrected chi connectivity index (χ2v) is 2.93. The van der Waals surface area contributed by atoms with Gasteiger partial charge in [-0.2, -0.15) is 0 Å². The summed E-state index contributed by atoms with van der Waals surface area (Å²) in [4.78, 5) is 0. The third-order valence-corrected chi connectivity index (χ3v) is 1.82. The molecule has 0 heterocycles. The van der Waals surface area contributed by atoms with Crippen LogP contribution in [0.4, 0.5) is 0 Å². The van der Waals surface area contributed by atoms with Crippen LogP contribution in [0.15, 0.2) is 0 Å². The van der Waals surface area contributed by atoms with Crippen molar-refractivity contribution in [1.82, 2.24) is 0 Å². The highest BCUT2D eigenvalue weighted by molar-refractivity contribution is 9.09. The fourth-order valence-corrected chi connectivity index (χ4v) is 1.11. The second-order valence-electron chi connectivity index (χ2n) is 2.14. The monoisotopic (exact) mass is 210 g/mol. The summed E-state index contributed by atoms with van der Waals surface area (Å²) in [6, 6.07) is 0. The molecule has 0 amide bonds. The first-order valence-electron chi connectivity index (χ1n) is 3.66. The molecule has 0 bridgehead atoms. The van der Waals surface area contributed by atoms with Gasteiger partial charge in [0.15, 0.2) is 0 Å². The van der Waals surface area contributed by atoms with Gasteiger partial charge in [0.05, 0.1) is 0 Å². The van der Waals surface area contributed by atoms with Crippen LogP contribution in [0.1, 0.15) is 25.7 Å². The van der Waals surface area contributed by atoms with Crippen LogP contribution in [0, 0.1) is 0 Å². The topological polar surface area (TPSA) is 29.5 Å². The van der Waals surface area contributed by atoms with Gasteiger partial charge in [-0.05, 0) is 12.8 Å². The Bertz CT molecular complexity index is 51.6. The Balaban J connectivity index is 2.65. The standard InChI is InChI=1S/C7H15BrO2/c8-5-3-1-2-4-6-10-7-9/h9H,1-7H2. The van der Waals surface area contributed by atoms with E-state index in [4.69, 9.17) is 9.84 Å². The van der Waals surface area contributed by atoms with Crippen LogP contribution in [0.3, 0.4) is 0 Å². The number of alkyl halides is 1. The molecule has 10 heavy (non-hydrogen) atoms. The van der Waals surface area contributed by atoms with Gasteiger partial charge in [-0.15, -0.1) is 0 Å². The lowest BCUT2D eigenvalue weighted by Gasteiger charge is -1.98. The minimum atomic E-state index is -0.140. The molecule has 0 atom stereocenters. The van der Waals surface area contributed by atoms with Crippen molar-refractivity contribution >= 4 is 15.9 Å². The van der Waals surface area contributed by atoms with Crippen LogP contribution >= 0.6 is 15.9 Å². The summed E-state index contributed by atoms with van der Waals surface area (Å²) in [5, 5.41) is 9.33. The number of aliphatic hydroxyl groups excluding tert-OH is 1. The van der Waals surface area contributed by atoms with Gasteiger partial charge < -0.3 is 9.84 Å². The fraction of sp³-hybridized carbons (Fsp3) is 1.00. The summed E-state index contributed by atoms with van der Waals surface area (Å²) in [6.45, 7) is 0.553. The number of halogens is 1. The molecular weight excluding hydrogens is 196 g/mol. The van der Waals surface area contributed by atoms with Crippen LogP contribution < -0.4 is 0 Å². The third kappa shape index (κ3) is 8.40. The number of aliphatic hydroxyl groups is 1. The van der Waals surface area contributed by atoms with E-state index in [9.17, 15) is 0 Å². The summed E-state index contributed by atoms with van der Waals surface area (Å²) < 4.78 is 4.76. The van der Waals surface area contributed by atoms with Crippen molar-refractivity contribution in [3.63, 3.8) is 0 Å². The van der Waals surface area contributed by atoms with Crippen molar-refractivity contribution in [1.29, 1.82) is 0 Å². The van der Waals surface area contributed by atoms with Gasteiger partial charge in [0.2, 0.25) is 0 Å². The molecule has 3 heteroatoms. The summed E-state index contributed by atoms with van der Waals surface area (Å²) in [5.41, 5.74) is 0. The van der Waals surface area contributed by atoms with E-state index < -0.39 is 0 Å². The average Bonchev–Trinajstić information content (AvgIpc) is 1.97. The Morgan fingerprint density at radius 1 is 1.10 bits per heavy atom. The van der Waals surface area contributed by atoms with Gasteiger partial charge in [0.1, 0.15) is 6.79 Å². The first kappa shape index (κ1) is 10.4. The quantitative estimate of drug-likeness (QED) is 0.396. The number of ether oxygens (including phenoxy) is 1. The normalized spacial score (nSPS) is 10.2. The molecule has 0 aromatic heterocycles.